The molecular formula is C23H16FN5O2. The zero-order chi connectivity index (χ0) is 21.4. The molecule has 5 aromatic rings. The highest BCUT2D eigenvalue weighted by molar-refractivity contribution is 5.98. The van der Waals surface area contributed by atoms with Crippen LogP contribution in [0.5, 0.6) is 0 Å². The highest BCUT2D eigenvalue weighted by atomic mass is 19.1. The molecule has 7 nitrogen and oxygen atoms in total. The van der Waals surface area contributed by atoms with Crippen LogP contribution >= 0.6 is 0 Å². The molecule has 0 spiro atoms. The van der Waals surface area contributed by atoms with Crippen molar-refractivity contribution in [2.75, 3.05) is 0 Å². The van der Waals surface area contributed by atoms with Crippen molar-refractivity contribution in [1.29, 1.82) is 0 Å². The van der Waals surface area contributed by atoms with E-state index in [0.717, 1.165) is 5.56 Å². The molecule has 1 amide bonds. The number of aromatic amines is 1. The number of H-pyrrole nitrogens is 1. The van der Waals surface area contributed by atoms with Crippen molar-refractivity contribution in [3.8, 4) is 11.3 Å². The van der Waals surface area contributed by atoms with Crippen molar-refractivity contribution in [2.45, 2.75) is 6.54 Å². The van der Waals surface area contributed by atoms with Gasteiger partial charge in [0.25, 0.3) is 11.5 Å². The number of fused-ring (bicyclic) bond motifs is 3. The van der Waals surface area contributed by atoms with E-state index in [9.17, 15) is 14.0 Å². The van der Waals surface area contributed by atoms with Crippen LogP contribution in [0.4, 0.5) is 4.39 Å². The van der Waals surface area contributed by atoms with Gasteiger partial charge in [-0.1, -0.05) is 42.5 Å². The normalized spacial score (nSPS) is 11.1. The average molecular weight is 413 g/mol. The van der Waals surface area contributed by atoms with E-state index in [-0.39, 0.29) is 22.8 Å². The highest BCUT2D eigenvalue weighted by Gasteiger charge is 2.17. The van der Waals surface area contributed by atoms with Crippen molar-refractivity contribution in [2.24, 2.45) is 0 Å². The monoisotopic (exact) mass is 413 g/mol. The summed E-state index contributed by atoms with van der Waals surface area (Å²) >= 11 is 0. The Kier molecular flexibility index (Phi) is 4.51. The maximum Gasteiger partial charge on any atom is 0.281 e. The number of hydrogen-bond donors (Lipinski definition) is 2. The topological polar surface area (TPSA) is 92.2 Å². The van der Waals surface area contributed by atoms with E-state index < -0.39 is 11.4 Å². The number of benzene rings is 3. The first-order chi connectivity index (χ1) is 15.1. The quantitative estimate of drug-likeness (QED) is 0.473. The van der Waals surface area contributed by atoms with E-state index in [1.807, 2.05) is 30.3 Å². The molecule has 0 aliphatic heterocycles. The van der Waals surface area contributed by atoms with Crippen LogP contribution in [0, 0.1) is 5.82 Å². The first-order valence-electron chi connectivity index (χ1n) is 9.60. The van der Waals surface area contributed by atoms with E-state index in [2.05, 4.69) is 20.6 Å². The van der Waals surface area contributed by atoms with Crippen LogP contribution in [0.25, 0.3) is 27.8 Å². The van der Waals surface area contributed by atoms with Crippen LogP contribution in [0.3, 0.4) is 0 Å². The average Bonchev–Trinajstić information content (AvgIpc) is 3.22. The molecular weight excluding hydrogens is 397 g/mol. The number of rotatable bonds is 4. The van der Waals surface area contributed by atoms with Gasteiger partial charge in [0, 0.05) is 17.7 Å². The number of hydrogen-bond acceptors (Lipinski definition) is 4. The number of amides is 1. The van der Waals surface area contributed by atoms with Gasteiger partial charge in [0.05, 0.1) is 10.9 Å². The van der Waals surface area contributed by atoms with Crippen molar-refractivity contribution in [3.63, 3.8) is 0 Å². The molecule has 0 saturated carbocycles. The summed E-state index contributed by atoms with van der Waals surface area (Å²) in [6.07, 6.45) is 0. The predicted octanol–water partition coefficient (Wildman–Crippen LogP) is 3.31. The third-order valence-corrected chi connectivity index (χ3v) is 5.05. The maximum absolute atomic E-state index is 14.3. The zero-order valence-corrected chi connectivity index (χ0v) is 16.2. The zero-order valence-electron chi connectivity index (χ0n) is 16.2. The van der Waals surface area contributed by atoms with E-state index in [4.69, 9.17) is 0 Å². The summed E-state index contributed by atoms with van der Waals surface area (Å²) in [6.45, 7) is 0.380. The minimum absolute atomic E-state index is 0.185. The number of carbonyl (C=O) groups is 1. The first-order valence-corrected chi connectivity index (χ1v) is 9.60. The second kappa shape index (κ2) is 7.49. The second-order valence-electron chi connectivity index (χ2n) is 7.02. The molecule has 5 rings (SSSR count). The van der Waals surface area contributed by atoms with Gasteiger partial charge in [-0.25, -0.2) is 14.1 Å². The van der Waals surface area contributed by atoms with Crippen molar-refractivity contribution in [1.82, 2.24) is 25.1 Å². The lowest BCUT2D eigenvalue weighted by atomic mass is 10.1. The third-order valence-electron chi connectivity index (χ3n) is 5.05. The molecule has 0 radical (unpaired) electrons. The predicted molar refractivity (Wildman–Crippen MR) is 114 cm³/mol. The fourth-order valence-corrected chi connectivity index (χ4v) is 3.48. The van der Waals surface area contributed by atoms with Gasteiger partial charge in [0.15, 0.2) is 5.65 Å². The van der Waals surface area contributed by atoms with E-state index >= 15 is 0 Å². The Morgan fingerprint density at radius 2 is 1.81 bits per heavy atom. The Balaban J connectivity index is 1.57. The van der Waals surface area contributed by atoms with Gasteiger partial charge in [-0.3, -0.25) is 9.59 Å². The number of halogens is 1. The van der Waals surface area contributed by atoms with Crippen LogP contribution in [0.15, 0.2) is 77.6 Å². The first kappa shape index (κ1) is 18.7. The Labute approximate surface area is 175 Å². The van der Waals surface area contributed by atoms with Gasteiger partial charge in [0.2, 0.25) is 0 Å². The molecule has 3 aromatic carbocycles. The summed E-state index contributed by atoms with van der Waals surface area (Å²) in [5, 5.41) is 10.1. The van der Waals surface area contributed by atoms with Gasteiger partial charge in [-0.2, -0.15) is 10.1 Å². The lowest BCUT2D eigenvalue weighted by Crippen LogP contribution is -2.23. The molecule has 152 valence electrons. The summed E-state index contributed by atoms with van der Waals surface area (Å²) in [4.78, 5) is 29.3. The summed E-state index contributed by atoms with van der Waals surface area (Å²) in [6, 6.07) is 20.4. The molecule has 0 atom stereocenters. The smallest absolute Gasteiger partial charge is 0.281 e. The number of carbonyl (C=O) groups excluding carboxylic acids is 1. The molecule has 2 N–H and O–H groups in total. The molecule has 2 aromatic heterocycles. The van der Waals surface area contributed by atoms with Crippen molar-refractivity contribution >= 4 is 22.5 Å². The molecule has 31 heavy (non-hydrogen) atoms. The lowest BCUT2D eigenvalue weighted by molar-refractivity contribution is 0.0951. The van der Waals surface area contributed by atoms with Gasteiger partial charge in [-0.15, -0.1) is 0 Å². The van der Waals surface area contributed by atoms with Crippen molar-refractivity contribution < 1.29 is 9.18 Å². The van der Waals surface area contributed by atoms with E-state index in [0.29, 0.717) is 23.0 Å². The number of nitrogens with one attached hydrogen (secondary N) is 2. The lowest BCUT2D eigenvalue weighted by Gasteiger charge is -2.07. The Morgan fingerprint density at radius 1 is 1.03 bits per heavy atom. The van der Waals surface area contributed by atoms with Gasteiger partial charge in [0.1, 0.15) is 11.5 Å². The molecule has 2 heterocycles. The molecule has 0 fully saturated rings. The minimum Gasteiger partial charge on any atom is -0.348 e. The highest BCUT2D eigenvalue weighted by Crippen LogP contribution is 2.25. The van der Waals surface area contributed by atoms with Crippen LogP contribution in [-0.4, -0.2) is 25.7 Å². The third kappa shape index (κ3) is 3.33. The van der Waals surface area contributed by atoms with Crippen LogP contribution in [0.2, 0.25) is 0 Å². The number of nitrogens with zero attached hydrogens (tertiary/aromatic N) is 3. The largest absolute Gasteiger partial charge is 0.348 e. The Bertz CT molecular complexity index is 1490. The minimum atomic E-state index is -0.481. The summed E-state index contributed by atoms with van der Waals surface area (Å²) in [5.41, 5.74) is 1.93. The molecule has 0 saturated heterocycles. The van der Waals surface area contributed by atoms with Gasteiger partial charge >= 0.3 is 0 Å². The van der Waals surface area contributed by atoms with Gasteiger partial charge in [-0.05, 0) is 35.9 Å². The standard InChI is InChI=1S/C23H16FN5O2/c24-18-9-5-4-8-16(18)20-21-26-23(31)17-11-10-15(12-19(17)29(21)28-27-20)22(30)25-13-14-6-2-1-3-7-14/h1-12,28H,13H2,(H,25,30). The summed E-state index contributed by atoms with van der Waals surface area (Å²) in [5.74, 6) is -0.752. The number of aromatic nitrogens is 4. The second-order valence-corrected chi connectivity index (χ2v) is 7.02. The van der Waals surface area contributed by atoms with E-state index in [1.165, 1.54) is 10.6 Å². The molecule has 0 aliphatic rings. The molecule has 0 unspecified atom stereocenters. The van der Waals surface area contributed by atoms with Crippen LogP contribution in [0.1, 0.15) is 15.9 Å². The molecule has 0 aliphatic carbocycles. The Hall–Kier alpha value is -4.33. The molecule has 0 bridgehead atoms. The fourth-order valence-electron chi connectivity index (χ4n) is 3.48. The fraction of sp³-hybridized carbons (Fsp3) is 0.0435. The van der Waals surface area contributed by atoms with Crippen molar-refractivity contribution in [3.05, 3.63) is 100 Å². The maximum atomic E-state index is 14.3. The summed E-state index contributed by atoms with van der Waals surface area (Å²) in [7, 11) is 0. The SMILES string of the molecule is O=C(NCc1ccccc1)c1ccc2c(=O)nc3c(-c4ccccc4F)n[nH]n3c2c1. The summed E-state index contributed by atoms with van der Waals surface area (Å²) < 4.78 is 15.7. The Morgan fingerprint density at radius 3 is 2.61 bits per heavy atom. The van der Waals surface area contributed by atoms with Gasteiger partial charge < -0.3 is 5.32 Å². The van der Waals surface area contributed by atoms with Crippen LogP contribution in [-0.2, 0) is 6.54 Å². The van der Waals surface area contributed by atoms with Crippen LogP contribution < -0.4 is 10.9 Å². The van der Waals surface area contributed by atoms with E-state index in [1.54, 1.807) is 36.4 Å². The molecule has 8 heteroatoms.